The van der Waals surface area contributed by atoms with Crippen molar-refractivity contribution >= 4 is 40.7 Å². The maximum atomic E-state index is 12.8. The van der Waals surface area contributed by atoms with E-state index in [4.69, 9.17) is 11.6 Å². The van der Waals surface area contributed by atoms with Gasteiger partial charge in [0.2, 0.25) is 5.91 Å². The molecule has 0 unspecified atom stereocenters. The first-order chi connectivity index (χ1) is 13.0. The van der Waals surface area contributed by atoms with Crippen molar-refractivity contribution in [3.63, 3.8) is 0 Å². The Bertz CT molecular complexity index is 1040. The average molecular weight is 400 g/mol. The van der Waals surface area contributed by atoms with Crippen LogP contribution in [0.2, 0.25) is 5.02 Å². The highest BCUT2D eigenvalue weighted by atomic mass is 35.5. The highest BCUT2D eigenvalue weighted by Crippen LogP contribution is 2.24. The van der Waals surface area contributed by atoms with E-state index in [9.17, 15) is 14.4 Å². The molecule has 0 aliphatic heterocycles. The zero-order chi connectivity index (χ0) is 19.2. The third-order valence-corrected chi connectivity index (χ3v) is 4.65. The SMILES string of the molecule is O=C(CSc1nccc(=O)[nH]1)Nc1ccc(Cl)cc1C(=O)c1ccccc1. The molecular weight excluding hydrogens is 386 g/mol. The second kappa shape index (κ2) is 8.66. The van der Waals surface area contributed by atoms with Gasteiger partial charge >= 0.3 is 0 Å². The van der Waals surface area contributed by atoms with Gasteiger partial charge in [-0.2, -0.15) is 0 Å². The lowest BCUT2D eigenvalue weighted by Gasteiger charge is -2.11. The smallest absolute Gasteiger partial charge is 0.251 e. The third-order valence-electron chi connectivity index (χ3n) is 3.52. The number of hydrogen-bond donors (Lipinski definition) is 2. The van der Waals surface area contributed by atoms with Crippen LogP contribution in [0.15, 0.2) is 70.7 Å². The number of amides is 1. The number of hydrogen-bond acceptors (Lipinski definition) is 5. The van der Waals surface area contributed by atoms with Crippen LogP contribution in [0, 0.1) is 0 Å². The van der Waals surface area contributed by atoms with Crippen LogP contribution in [0.1, 0.15) is 15.9 Å². The molecule has 1 aromatic heterocycles. The van der Waals surface area contributed by atoms with Gasteiger partial charge in [0.25, 0.3) is 5.56 Å². The monoisotopic (exact) mass is 399 g/mol. The number of H-pyrrole nitrogens is 1. The summed E-state index contributed by atoms with van der Waals surface area (Å²) in [6, 6.07) is 14.7. The predicted octanol–water partition coefficient (Wildman–Crippen LogP) is 3.39. The van der Waals surface area contributed by atoms with Gasteiger partial charge in [0.15, 0.2) is 10.9 Å². The molecule has 0 aliphatic rings. The molecule has 2 aromatic carbocycles. The molecule has 136 valence electrons. The van der Waals surface area contributed by atoms with Crippen molar-refractivity contribution in [2.45, 2.75) is 5.16 Å². The normalized spacial score (nSPS) is 10.4. The first-order valence-electron chi connectivity index (χ1n) is 7.90. The summed E-state index contributed by atoms with van der Waals surface area (Å²) in [6.45, 7) is 0. The van der Waals surface area contributed by atoms with E-state index >= 15 is 0 Å². The molecule has 0 bridgehead atoms. The van der Waals surface area contributed by atoms with Crippen LogP contribution in [-0.4, -0.2) is 27.4 Å². The quantitative estimate of drug-likeness (QED) is 0.376. The lowest BCUT2D eigenvalue weighted by atomic mass is 10.0. The first-order valence-corrected chi connectivity index (χ1v) is 9.26. The second-order valence-corrected chi connectivity index (χ2v) is 6.86. The number of aromatic amines is 1. The van der Waals surface area contributed by atoms with E-state index in [1.165, 1.54) is 18.3 Å². The van der Waals surface area contributed by atoms with Crippen LogP contribution in [0.25, 0.3) is 0 Å². The maximum absolute atomic E-state index is 12.8. The van der Waals surface area contributed by atoms with Crippen molar-refractivity contribution in [3.8, 4) is 0 Å². The summed E-state index contributed by atoms with van der Waals surface area (Å²) in [7, 11) is 0. The number of halogens is 1. The highest BCUT2D eigenvalue weighted by Gasteiger charge is 2.16. The number of thioether (sulfide) groups is 1. The number of nitrogens with one attached hydrogen (secondary N) is 2. The number of rotatable bonds is 6. The Balaban J connectivity index is 1.75. The minimum Gasteiger partial charge on any atom is -0.325 e. The molecule has 0 spiro atoms. The highest BCUT2D eigenvalue weighted by molar-refractivity contribution is 7.99. The standard InChI is InChI=1S/C19H14ClN3O3S/c20-13-6-7-15(14(10-13)18(26)12-4-2-1-3-5-12)22-17(25)11-27-19-21-9-8-16(24)23-19/h1-10H,11H2,(H,22,25)(H,21,23,24). The van der Waals surface area contributed by atoms with Crippen LogP contribution in [0.4, 0.5) is 5.69 Å². The van der Waals surface area contributed by atoms with Crippen LogP contribution < -0.4 is 10.9 Å². The number of aromatic nitrogens is 2. The Labute approximate surface area is 164 Å². The van der Waals surface area contributed by atoms with E-state index in [-0.39, 0.29) is 23.0 Å². The van der Waals surface area contributed by atoms with Crippen molar-refractivity contribution < 1.29 is 9.59 Å². The van der Waals surface area contributed by atoms with E-state index in [0.717, 1.165) is 11.8 Å². The number of nitrogens with zero attached hydrogens (tertiary/aromatic N) is 1. The van der Waals surface area contributed by atoms with Crippen molar-refractivity contribution in [1.82, 2.24) is 9.97 Å². The van der Waals surface area contributed by atoms with Crippen molar-refractivity contribution in [3.05, 3.63) is 87.3 Å². The van der Waals surface area contributed by atoms with Gasteiger partial charge in [0, 0.05) is 28.4 Å². The van der Waals surface area contributed by atoms with Gasteiger partial charge in [0.05, 0.1) is 11.4 Å². The molecule has 0 aliphatic carbocycles. The number of benzene rings is 2. The Kier molecular flexibility index (Phi) is 6.05. The van der Waals surface area contributed by atoms with Crippen molar-refractivity contribution in [2.75, 3.05) is 11.1 Å². The molecule has 3 rings (SSSR count). The third kappa shape index (κ3) is 5.06. The van der Waals surface area contributed by atoms with E-state index in [1.54, 1.807) is 36.4 Å². The summed E-state index contributed by atoms with van der Waals surface area (Å²) in [5.41, 5.74) is 0.878. The average Bonchev–Trinajstić information content (AvgIpc) is 2.68. The van der Waals surface area contributed by atoms with Crippen LogP contribution in [0.3, 0.4) is 0 Å². The van der Waals surface area contributed by atoms with E-state index in [0.29, 0.717) is 27.0 Å². The zero-order valence-electron chi connectivity index (χ0n) is 13.9. The molecule has 3 aromatic rings. The Morgan fingerprint density at radius 2 is 1.89 bits per heavy atom. The molecule has 2 N–H and O–H groups in total. The zero-order valence-corrected chi connectivity index (χ0v) is 15.5. The van der Waals surface area contributed by atoms with Crippen LogP contribution in [-0.2, 0) is 4.79 Å². The Morgan fingerprint density at radius 3 is 2.63 bits per heavy atom. The minimum absolute atomic E-state index is 0.0224. The van der Waals surface area contributed by atoms with Crippen molar-refractivity contribution in [2.24, 2.45) is 0 Å². The van der Waals surface area contributed by atoms with E-state index in [2.05, 4.69) is 15.3 Å². The first kappa shape index (κ1) is 18.9. The number of anilines is 1. The molecule has 8 heteroatoms. The predicted molar refractivity (Wildman–Crippen MR) is 106 cm³/mol. The van der Waals surface area contributed by atoms with Gasteiger partial charge in [-0.05, 0) is 18.2 Å². The molecular formula is C19H14ClN3O3S. The molecule has 0 atom stereocenters. The molecule has 1 heterocycles. The van der Waals surface area contributed by atoms with Gasteiger partial charge in [0.1, 0.15) is 0 Å². The summed E-state index contributed by atoms with van der Waals surface area (Å²) in [4.78, 5) is 42.8. The fourth-order valence-electron chi connectivity index (χ4n) is 2.30. The largest absolute Gasteiger partial charge is 0.325 e. The van der Waals surface area contributed by atoms with Gasteiger partial charge in [-0.1, -0.05) is 53.7 Å². The number of ketones is 1. The lowest BCUT2D eigenvalue weighted by Crippen LogP contribution is -2.17. The number of carbonyl (C=O) groups is 2. The summed E-state index contributed by atoms with van der Waals surface area (Å²) >= 11 is 7.12. The molecule has 0 saturated heterocycles. The summed E-state index contributed by atoms with van der Waals surface area (Å²) in [5, 5.41) is 3.45. The van der Waals surface area contributed by atoms with Crippen LogP contribution >= 0.6 is 23.4 Å². The Morgan fingerprint density at radius 1 is 1.11 bits per heavy atom. The van der Waals surface area contributed by atoms with E-state index < -0.39 is 0 Å². The van der Waals surface area contributed by atoms with Gasteiger partial charge in [-0.3, -0.25) is 14.4 Å². The summed E-state index contributed by atoms with van der Waals surface area (Å²) in [6.07, 6.45) is 1.37. The summed E-state index contributed by atoms with van der Waals surface area (Å²) < 4.78 is 0. The lowest BCUT2D eigenvalue weighted by molar-refractivity contribution is -0.113. The Hall–Kier alpha value is -2.90. The van der Waals surface area contributed by atoms with Gasteiger partial charge in [-0.25, -0.2) is 4.98 Å². The molecule has 6 nitrogen and oxygen atoms in total. The van der Waals surface area contributed by atoms with Crippen molar-refractivity contribution in [1.29, 1.82) is 0 Å². The maximum Gasteiger partial charge on any atom is 0.251 e. The fraction of sp³-hybridized carbons (Fsp3) is 0.0526. The van der Waals surface area contributed by atoms with Crippen LogP contribution in [0.5, 0.6) is 0 Å². The van der Waals surface area contributed by atoms with E-state index in [1.807, 2.05) is 6.07 Å². The molecule has 1 amide bonds. The fourth-order valence-corrected chi connectivity index (χ4v) is 3.12. The minimum atomic E-state index is -0.337. The molecule has 0 radical (unpaired) electrons. The molecule has 27 heavy (non-hydrogen) atoms. The number of carbonyl (C=O) groups excluding carboxylic acids is 2. The van der Waals surface area contributed by atoms with Gasteiger partial charge in [-0.15, -0.1) is 0 Å². The molecule has 0 saturated carbocycles. The summed E-state index contributed by atoms with van der Waals surface area (Å²) in [5.74, 6) is -0.555. The second-order valence-electron chi connectivity index (χ2n) is 5.46. The molecule has 0 fully saturated rings. The topological polar surface area (TPSA) is 91.9 Å². The van der Waals surface area contributed by atoms with Gasteiger partial charge < -0.3 is 10.3 Å².